The van der Waals surface area contributed by atoms with Crippen molar-refractivity contribution in [2.24, 2.45) is 0 Å². The number of hydrogen-bond donors (Lipinski definition) is 1. The third-order valence-electron chi connectivity index (χ3n) is 5.85. The number of methoxy groups -OCH3 is 1. The number of esters is 2. The van der Waals surface area contributed by atoms with E-state index in [9.17, 15) is 22.8 Å². The van der Waals surface area contributed by atoms with Gasteiger partial charge in [0.2, 0.25) is 5.28 Å². The van der Waals surface area contributed by atoms with E-state index in [2.05, 4.69) is 19.7 Å². The second kappa shape index (κ2) is 13.9. The molecule has 2 heterocycles. The maximum Gasteiger partial charge on any atom is 0.573 e. The van der Waals surface area contributed by atoms with Crippen LogP contribution >= 0.6 is 11.6 Å². The SMILES string of the molecule is CCOC(=O)C(Cc1ccc(OC(F)(F)F)cc1)(OCC(CC(F)n1cnc2c(N)nc(Cl)nc21)OC)C(=O)OCC. The molecule has 0 aliphatic rings. The van der Waals surface area contributed by atoms with Crippen molar-refractivity contribution in [3.8, 4) is 5.75 Å². The lowest BCUT2D eigenvalue weighted by molar-refractivity contribution is -0.274. The van der Waals surface area contributed by atoms with Crippen molar-refractivity contribution in [3.05, 3.63) is 41.4 Å². The number of nitrogens with two attached hydrogens (primary N) is 1. The number of benzene rings is 1. The molecule has 0 aliphatic carbocycles. The van der Waals surface area contributed by atoms with Gasteiger partial charge in [-0.3, -0.25) is 4.57 Å². The van der Waals surface area contributed by atoms with E-state index in [0.717, 1.165) is 23.0 Å². The number of carbonyl (C=O) groups excluding carboxylic acids is 2. The van der Waals surface area contributed by atoms with Crippen molar-refractivity contribution in [1.29, 1.82) is 0 Å². The van der Waals surface area contributed by atoms with Crippen LogP contribution in [0.4, 0.5) is 23.4 Å². The summed E-state index contributed by atoms with van der Waals surface area (Å²) < 4.78 is 79.5. The molecule has 3 rings (SSSR count). The number of carbonyl (C=O) groups is 2. The molecule has 0 amide bonds. The van der Waals surface area contributed by atoms with E-state index in [1.165, 1.54) is 33.1 Å². The second-order valence-electron chi connectivity index (χ2n) is 8.68. The highest BCUT2D eigenvalue weighted by atomic mass is 35.5. The van der Waals surface area contributed by atoms with Crippen LogP contribution in [0.2, 0.25) is 5.28 Å². The minimum atomic E-state index is -4.91. The number of alkyl halides is 4. The van der Waals surface area contributed by atoms with Crippen molar-refractivity contribution in [1.82, 2.24) is 19.5 Å². The van der Waals surface area contributed by atoms with Crippen molar-refractivity contribution < 1.29 is 50.8 Å². The van der Waals surface area contributed by atoms with Gasteiger partial charge in [-0.1, -0.05) is 12.1 Å². The van der Waals surface area contributed by atoms with Gasteiger partial charge >= 0.3 is 18.3 Å². The lowest BCUT2D eigenvalue weighted by atomic mass is 9.93. The largest absolute Gasteiger partial charge is 0.573 e. The molecule has 0 radical (unpaired) electrons. The summed E-state index contributed by atoms with van der Waals surface area (Å²) in [6.45, 7) is 2.22. The van der Waals surface area contributed by atoms with Gasteiger partial charge in [0.15, 0.2) is 17.8 Å². The van der Waals surface area contributed by atoms with Crippen LogP contribution in [0, 0.1) is 0 Å². The molecule has 0 spiro atoms. The molecular formula is C25H28ClF4N5O7. The van der Waals surface area contributed by atoms with Gasteiger partial charge in [0.05, 0.1) is 32.3 Å². The highest BCUT2D eigenvalue weighted by Crippen LogP contribution is 2.29. The predicted molar refractivity (Wildman–Crippen MR) is 139 cm³/mol. The Labute approximate surface area is 242 Å². The Kier molecular flexibility index (Phi) is 10.9. The van der Waals surface area contributed by atoms with Crippen molar-refractivity contribution >= 4 is 40.5 Å². The first kappa shape index (κ1) is 32.8. The van der Waals surface area contributed by atoms with Crippen LogP contribution in [-0.4, -0.2) is 76.5 Å². The number of nitrogen functional groups attached to an aromatic ring is 1. The molecule has 2 atom stereocenters. The topological polar surface area (TPSA) is 150 Å². The minimum Gasteiger partial charge on any atom is -0.463 e. The summed E-state index contributed by atoms with van der Waals surface area (Å²) in [5, 5.41) is -0.216. The van der Waals surface area contributed by atoms with E-state index in [1.807, 2.05) is 0 Å². The van der Waals surface area contributed by atoms with E-state index < -0.39 is 55.1 Å². The van der Waals surface area contributed by atoms with Gasteiger partial charge in [-0.15, -0.1) is 13.2 Å². The first-order valence-corrected chi connectivity index (χ1v) is 12.9. The minimum absolute atomic E-state index is 0.0288. The number of ether oxygens (including phenoxy) is 5. The molecule has 17 heteroatoms. The molecule has 230 valence electrons. The third-order valence-corrected chi connectivity index (χ3v) is 6.02. The molecule has 3 aromatic rings. The van der Waals surface area contributed by atoms with Gasteiger partial charge in [-0.25, -0.2) is 19.0 Å². The van der Waals surface area contributed by atoms with Crippen LogP contribution in [0.3, 0.4) is 0 Å². The molecule has 0 aliphatic heterocycles. The molecule has 2 unspecified atom stereocenters. The summed E-state index contributed by atoms with van der Waals surface area (Å²) in [5.74, 6) is -2.80. The molecule has 0 bridgehead atoms. The second-order valence-corrected chi connectivity index (χ2v) is 9.02. The Hall–Kier alpha value is -3.76. The normalized spacial score (nSPS) is 13.5. The summed E-state index contributed by atoms with van der Waals surface area (Å²) in [7, 11) is 1.26. The van der Waals surface area contributed by atoms with E-state index in [0.29, 0.717) is 0 Å². The number of imidazole rings is 1. The molecular weight excluding hydrogens is 594 g/mol. The van der Waals surface area contributed by atoms with Gasteiger partial charge in [-0.05, 0) is 43.1 Å². The van der Waals surface area contributed by atoms with Gasteiger partial charge in [0.25, 0.3) is 5.60 Å². The zero-order valence-electron chi connectivity index (χ0n) is 22.7. The fourth-order valence-corrected chi connectivity index (χ4v) is 4.07. The average Bonchev–Trinajstić information content (AvgIpc) is 3.35. The molecule has 2 aromatic heterocycles. The molecule has 0 saturated heterocycles. The highest BCUT2D eigenvalue weighted by Gasteiger charge is 2.51. The van der Waals surface area contributed by atoms with Crippen LogP contribution in [0.25, 0.3) is 11.2 Å². The number of aromatic nitrogens is 4. The summed E-state index contributed by atoms with van der Waals surface area (Å²) >= 11 is 5.85. The predicted octanol–water partition coefficient (Wildman–Crippen LogP) is 3.96. The zero-order valence-corrected chi connectivity index (χ0v) is 23.4. The molecule has 1 aromatic carbocycles. The Morgan fingerprint density at radius 3 is 2.24 bits per heavy atom. The van der Waals surface area contributed by atoms with Gasteiger partial charge < -0.3 is 29.4 Å². The fraction of sp³-hybridized carbons (Fsp3) is 0.480. The average molecular weight is 622 g/mol. The van der Waals surface area contributed by atoms with Crippen LogP contribution < -0.4 is 10.5 Å². The van der Waals surface area contributed by atoms with E-state index >= 15 is 4.39 Å². The smallest absolute Gasteiger partial charge is 0.463 e. The Balaban J connectivity index is 1.87. The summed E-state index contributed by atoms with van der Waals surface area (Å²) in [6, 6.07) is 4.44. The van der Waals surface area contributed by atoms with E-state index in [-0.39, 0.29) is 47.5 Å². The van der Waals surface area contributed by atoms with Crippen molar-refractivity contribution in [3.63, 3.8) is 0 Å². The zero-order chi connectivity index (χ0) is 31.1. The molecule has 42 heavy (non-hydrogen) atoms. The maximum absolute atomic E-state index is 15.4. The Morgan fingerprint density at radius 1 is 1.07 bits per heavy atom. The van der Waals surface area contributed by atoms with E-state index in [4.69, 9.17) is 36.3 Å². The van der Waals surface area contributed by atoms with Crippen molar-refractivity contribution in [2.45, 2.75) is 51.1 Å². The number of rotatable bonds is 14. The highest BCUT2D eigenvalue weighted by molar-refractivity contribution is 6.28. The number of halogens is 5. The van der Waals surface area contributed by atoms with Gasteiger partial charge in [0.1, 0.15) is 11.3 Å². The Bertz CT molecular complexity index is 1360. The molecule has 0 saturated carbocycles. The summed E-state index contributed by atoms with van der Waals surface area (Å²) in [6.07, 6.45) is -7.46. The maximum atomic E-state index is 15.4. The monoisotopic (exact) mass is 621 g/mol. The van der Waals surface area contributed by atoms with Crippen LogP contribution in [0.5, 0.6) is 5.75 Å². The molecule has 0 fully saturated rings. The number of anilines is 1. The van der Waals surface area contributed by atoms with E-state index in [1.54, 1.807) is 0 Å². The lowest BCUT2D eigenvalue weighted by Crippen LogP contribution is -2.54. The van der Waals surface area contributed by atoms with Crippen LogP contribution in [0.15, 0.2) is 30.6 Å². The third kappa shape index (κ3) is 7.95. The molecule has 12 nitrogen and oxygen atoms in total. The first-order chi connectivity index (χ1) is 19.8. The number of hydrogen-bond acceptors (Lipinski definition) is 11. The van der Waals surface area contributed by atoms with Crippen LogP contribution in [0.1, 0.15) is 32.1 Å². The van der Waals surface area contributed by atoms with Gasteiger partial charge in [-0.2, -0.15) is 9.97 Å². The van der Waals surface area contributed by atoms with Crippen LogP contribution in [-0.2, 0) is 35.0 Å². The lowest BCUT2D eigenvalue weighted by Gasteiger charge is -2.31. The number of nitrogens with zero attached hydrogens (tertiary/aromatic N) is 4. The number of fused-ring (bicyclic) bond motifs is 1. The fourth-order valence-electron chi connectivity index (χ4n) is 3.90. The summed E-state index contributed by atoms with van der Waals surface area (Å²) in [5.41, 5.74) is 3.74. The first-order valence-electron chi connectivity index (χ1n) is 12.5. The standard InChI is InChI=1S/C25H28ClF4N5O7/c1-4-39-21(36)24(22(37)40-5-2,11-14-6-8-15(9-7-14)42-25(28,29)30)41-12-16(38-3)10-17(27)35-13-32-18-19(31)33-23(26)34-20(18)35/h6-9,13,16-17H,4-5,10-12H2,1-3H3,(H2,31,33,34). The van der Waals surface area contributed by atoms with Crippen molar-refractivity contribution in [2.75, 3.05) is 32.7 Å². The van der Waals surface area contributed by atoms with Gasteiger partial charge in [0, 0.05) is 20.0 Å². The Morgan fingerprint density at radius 2 is 1.69 bits per heavy atom. The molecule has 2 N–H and O–H groups in total. The quantitative estimate of drug-likeness (QED) is 0.121. The summed E-state index contributed by atoms with van der Waals surface area (Å²) in [4.78, 5) is 38.1.